The second-order valence-electron chi connectivity index (χ2n) is 3.92. The molecule has 0 bridgehead atoms. The summed E-state index contributed by atoms with van der Waals surface area (Å²) in [6.07, 6.45) is 0.941. The molecule has 3 heteroatoms. The molecule has 1 amide bonds. The first-order valence-electron chi connectivity index (χ1n) is 3.88. The van der Waals surface area contributed by atoms with Crippen LogP contribution in [0.15, 0.2) is 0 Å². The first-order valence-corrected chi connectivity index (χ1v) is 4.80. The molecule has 0 spiro atoms. The predicted octanol–water partition coefficient (Wildman–Crippen LogP) is 1.78. The molecule has 0 aromatic heterocycles. The Morgan fingerprint density at radius 3 is 2.27 bits per heavy atom. The smallest absolute Gasteiger partial charge is 0.236 e. The van der Waals surface area contributed by atoms with E-state index in [1.807, 2.05) is 4.90 Å². The van der Waals surface area contributed by atoms with Crippen LogP contribution in [0.25, 0.3) is 0 Å². The van der Waals surface area contributed by atoms with Crippen molar-refractivity contribution in [2.24, 2.45) is 0 Å². The van der Waals surface area contributed by atoms with Crippen LogP contribution in [0.4, 0.5) is 0 Å². The van der Waals surface area contributed by atoms with Gasteiger partial charge in [0.1, 0.15) is 0 Å². The third-order valence-corrected chi connectivity index (χ3v) is 2.80. The van der Waals surface area contributed by atoms with Gasteiger partial charge in [-0.15, -0.1) is 0 Å². The maximum absolute atomic E-state index is 11.4. The summed E-state index contributed by atoms with van der Waals surface area (Å²) >= 11 is 3.35. The number of hydrogen-bond acceptors (Lipinski definition) is 1. The predicted molar refractivity (Wildman–Crippen MR) is 48.8 cm³/mol. The Morgan fingerprint density at radius 1 is 1.55 bits per heavy atom. The van der Waals surface area contributed by atoms with E-state index in [2.05, 4.69) is 36.7 Å². The molecule has 0 aromatic carbocycles. The normalized spacial score (nSPS) is 26.4. The highest BCUT2D eigenvalue weighted by Gasteiger charge is 2.35. The summed E-state index contributed by atoms with van der Waals surface area (Å²) < 4.78 is 0. The molecule has 11 heavy (non-hydrogen) atoms. The molecule has 1 aliphatic heterocycles. The van der Waals surface area contributed by atoms with Gasteiger partial charge in [-0.25, -0.2) is 0 Å². The van der Waals surface area contributed by atoms with Gasteiger partial charge in [0.2, 0.25) is 5.91 Å². The molecule has 0 saturated carbocycles. The van der Waals surface area contributed by atoms with Crippen molar-refractivity contribution in [1.29, 1.82) is 0 Å². The second kappa shape index (κ2) is 2.77. The third-order valence-electron chi connectivity index (χ3n) is 1.95. The molecule has 1 unspecified atom stereocenters. The number of amides is 1. The molecule has 1 heterocycles. The minimum atomic E-state index is -0.0143. The Hall–Kier alpha value is -0.0500. The Kier molecular flexibility index (Phi) is 2.28. The average Bonchev–Trinajstić information content (AvgIpc) is 2.11. The van der Waals surface area contributed by atoms with Gasteiger partial charge < -0.3 is 4.90 Å². The molecule has 1 saturated heterocycles. The molecule has 1 atom stereocenters. The molecular weight excluding hydrogens is 206 g/mol. The van der Waals surface area contributed by atoms with E-state index in [0.29, 0.717) is 0 Å². The minimum Gasteiger partial charge on any atom is -0.337 e. The highest BCUT2D eigenvalue weighted by molar-refractivity contribution is 9.10. The molecule has 0 aromatic rings. The summed E-state index contributed by atoms with van der Waals surface area (Å²) in [6, 6.07) is 0. The fraction of sp³-hybridized carbons (Fsp3) is 0.875. The molecule has 0 aliphatic carbocycles. The summed E-state index contributed by atoms with van der Waals surface area (Å²) in [5.41, 5.74) is -0.0143. The number of rotatable bonds is 0. The first-order chi connectivity index (χ1) is 4.93. The molecule has 64 valence electrons. The summed E-state index contributed by atoms with van der Waals surface area (Å²) in [5, 5.41) is 0. The van der Waals surface area contributed by atoms with Crippen molar-refractivity contribution in [3.05, 3.63) is 0 Å². The van der Waals surface area contributed by atoms with Gasteiger partial charge in [-0.3, -0.25) is 4.79 Å². The van der Waals surface area contributed by atoms with E-state index in [9.17, 15) is 4.79 Å². The lowest BCUT2D eigenvalue weighted by Crippen LogP contribution is -2.43. The zero-order valence-electron chi connectivity index (χ0n) is 7.22. The number of likely N-dealkylation sites (tertiary alicyclic amines) is 1. The summed E-state index contributed by atoms with van der Waals surface area (Å²) in [7, 11) is 0. The van der Waals surface area contributed by atoms with Crippen LogP contribution in [0.1, 0.15) is 27.2 Å². The van der Waals surface area contributed by atoms with Crippen LogP contribution >= 0.6 is 15.9 Å². The number of nitrogens with zero attached hydrogens (tertiary/aromatic N) is 1. The van der Waals surface area contributed by atoms with Gasteiger partial charge in [-0.05, 0) is 27.2 Å². The van der Waals surface area contributed by atoms with Crippen LogP contribution in [-0.2, 0) is 4.79 Å². The van der Waals surface area contributed by atoms with Gasteiger partial charge in [0.25, 0.3) is 0 Å². The van der Waals surface area contributed by atoms with E-state index in [1.54, 1.807) is 0 Å². The van der Waals surface area contributed by atoms with Crippen molar-refractivity contribution >= 4 is 21.8 Å². The summed E-state index contributed by atoms with van der Waals surface area (Å²) in [4.78, 5) is 13.4. The van der Waals surface area contributed by atoms with Crippen LogP contribution in [0.2, 0.25) is 0 Å². The lowest BCUT2D eigenvalue weighted by molar-refractivity contribution is -0.131. The van der Waals surface area contributed by atoms with Crippen molar-refractivity contribution in [3.8, 4) is 0 Å². The monoisotopic (exact) mass is 219 g/mol. The Morgan fingerprint density at radius 2 is 2.09 bits per heavy atom. The van der Waals surface area contributed by atoms with Crippen LogP contribution in [0, 0.1) is 0 Å². The van der Waals surface area contributed by atoms with E-state index < -0.39 is 0 Å². The highest BCUT2D eigenvalue weighted by atomic mass is 79.9. The number of hydrogen-bond donors (Lipinski definition) is 0. The van der Waals surface area contributed by atoms with Crippen LogP contribution in [-0.4, -0.2) is 27.7 Å². The van der Waals surface area contributed by atoms with Gasteiger partial charge in [0.05, 0.1) is 4.83 Å². The molecule has 1 fully saturated rings. The Bertz CT molecular complexity index is 173. The average molecular weight is 220 g/mol. The van der Waals surface area contributed by atoms with Gasteiger partial charge in [-0.1, -0.05) is 15.9 Å². The van der Waals surface area contributed by atoms with Gasteiger partial charge >= 0.3 is 0 Å². The molecule has 1 aliphatic rings. The third kappa shape index (κ3) is 1.75. The summed E-state index contributed by atoms with van der Waals surface area (Å²) in [6.45, 7) is 7.08. The zero-order chi connectivity index (χ0) is 8.65. The Labute approximate surface area is 76.1 Å². The first kappa shape index (κ1) is 9.04. The molecule has 2 nitrogen and oxygen atoms in total. The van der Waals surface area contributed by atoms with Crippen molar-refractivity contribution in [3.63, 3.8) is 0 Å². The van der Waals surface area contributed by atoms with Crippen molar-refractivity contribution in [1.82, 2.24) is 4.90 Å². The van der Waals surface area contributed by atoms with E-state index in [0.717, 1.165) is 13.0 Å². The quantitative estimate of drug-likeness (QED) is 0.570. The van der Waals surface area contributed by atoms with E-state index in [4.69, 9.17) is 0 Å². The van der Waals surface area contributed by atoms with Crippen molar-refractivity contribution < 1.29 is 4.79 Å². The molecular formula is C8H14BrNO. The largest absolute Gasteiger partial charge is 0.337 e. The van der Waals surface area contributed by atoms with Crippen LogP contribution in [0.3, 0.4) is 0 Å². The number of carbonyl (C=O) groups excluding carboxylic acids is 1. The van der Waals surface area contributed by atoms with Gasteiger partial charge in [-0.2, -0.15) is 0 Å². The Balaban J connectivity index is 2.70. The van der Waals surface area contributed by atoms with Gasteiger partial charge in [0, 0.05) is 12.1 Å². The SMILES string of the molecule is CC(C)(C)N1CCC(Br)C1=O. The number of carbonyl (C=O) groups is 1. The molecule has 1 rings (SSSR count). The number of halogens is 1. The minimum absolute atomic E-state index is 0.0143. The fourth-order valence-corrected chi connectivity index (χ4v) is 1.76. The topological polar surface area (TPSA) is 20.3 Å². The lowest BCUT2D eigenvalue weighted by Gasteiger charge is -2.31. The summed E-state index contributed by atoms with van der Waals surface area (Å²) in [5.74, 6) is 0.234. The maximum atomic E-state index is 11.4. The van der Waals surface area contributed by atoms with E-state index in [-0.39, 0.29) is 16.3 Å². The van der Waals surface area contributed by atoms with Crippen LogP contribution < -0.4 is 0 Å². The van der Waals surface area contributed by atoms with E-state index in [1.165, 1.54) is 0 Å². The van der Waals surface area contributed by atoms with Crippen LogP contribution in [0.5, 0.6) is 0 Å². The van der Waals surface area contributed by atoms with Crippen molar-refractivity contribution in [2.45, 2.75) is 37.6 Å². The zero-order valence-corrected chi connectivity index (χ0v) is 8.81. The van der Waals surface area contributed by atoms with Crippen molar-refractivity contribution in [2.75, 3.05) is 6.54 Å². The molecule has 0 N–H and O–H groups in total. The maximum Gasteiger partial charge on any atom is 0.236 e. The fourth-order valence-electron chi connectivity index (χ4n) is 1.31. The molecule has 0 radical (unpaired) electrons. The second-order valence-corrected chi connectivity index (χ2v) is 5.02. The number of alkyl halides is 1. The van der Waals surface area contributed by atoms with E-state index >= 15 is 0 Å². The standard InChI is InChI=1S/C8H14BrNO/c1-8(2,3)10-5-4-6(9)7(10)11/h6H,4-5H2,1-3H3. The lowest BCUT2D eigenvalue weighted by atomic mass is 10.1. The van der Waals surface area contributed by atoms with Gasteiger partial charge in [0.15, 0.2) is 0 Å². The highest BCUT2D eigenvalue weighted by Crippen LogP contribution is 2.25.